The minimum Gasteiger partial charge on any atom is -0.483 e. The molecule has 0 saturated carbocycles. The summed E-state index contributed by atoms with van der Waals surface area (Å²) < 4.78 is 11.1. The van der Waals surface area contributed by atoms with Crippen LogP contribution in [0.1, 0.15) is 46.8 Å². The van der Waals surface area contributed by atoms with E-state index in [4.69, 9.17) is 21.1 Å². The average molecular weight is 465 g/mol. The normalized spacial score (nSPS) is 10.9. The van der Waals surface area contributed by atoms with Crippen molar-refractivity contribution in [3.8, 4) is 11.5 Å². The molecular weight excluding hydrogens is 440 g/mol. The molecule has 1 amide bonds. The Hall–Kier alpha value is -3.64. The molecule has 0 aliphatic carbocycles. The quantitative estimate of drug-likeness (QED) is 0.206. The molecule has 3 aromatic carbocycles. The second kappa shape index (κ2) is 11.3. The summed E-state index contributed by atoms with van der Waals surface area (Å²) in [6.07, 6.45) is 1.46. The van der Waals surface area contributed by atoms with Crippen molar-refractivity contribution >= 4 is 29.7 Å². The van der Waals surface area contributed by atoms with Gasteiger partial charge in [0.25, 0.3) is 5.91 Å². The van der Waals surface area contributed by atoms with Crippen LogP contribution in [0, 0.1) is 6.92 Å². The number of benzene rings is 3. The second-order valence-electron chi connectivity index (χ2n) is 7.72. The van der Waals surface area contributed by atoms with Gasteiger partial charge in [-0.05, 0) is 59.9 Å². The Morgan fingerprint density at radius 3 is 2.61 bits per heavy atom. The summed E-state index contributed by atoms with van der Waals surface area (Å²) in [6, 6.07) is 19.4. The Kier molecular flexibility index (Phi) is 8.22. The molecule has 1 N–H and O–H groups in total. The topological polar surface area (TPSA) is 77.0 Å². The van der Waals surface area contributed by atoms with Crippen molar-refractivity contribution in [1.82, 2.24) is 5.43 Å². The first-order chi connectivity index (χ1) is 15.8. The molecule has 0 aromatic heterocycles. The van der Waals surface area contributed by atoms with Crippen LogP contribution in [0.15, 0.2) is 71.8 Å². The lowest BCUT2D eigenvalue weighted by atomic mass is 10.0. The molecule has 0 unspecified atom stereocenters. The number of nitrogens with zero attached hydrogens (tertiary/aromatic N) is 1. The third-order valence-electron chi connectivity index (χ3n) is 4.72. The second-order valence-corrected chi connectivity index (χ2v) is 8.13. The minimum absolute atomic E-state index is 0.157. The number of hydrogen-bond acceptors (Lipinski definition) is 5. The smallest absolute Gasteiger partial charge is 0.345 e. The van der Waals surface area contributed by atoms with Gasteiger partial charge in [0.15, 0.2) is 6.61 Å². The highest BCUT2D eigenvalue weighted by Crippen LogP contribution is 2.27. The van der Waals surface area contributed by atoms with Crippen LogP contribution in [-0.2, 0) is 4.79 Å². The summed E-state index contributed by atoms with van der Waals surface area (Å²) in [6.45, 7) is 5.96. The lowest BCUT2D eigenvalue weighted by Gasteiger charge is -2.14. The maximum absolute atomic E-state index is 12.3. The molecule has 3 aromatic rings. The van der Waals surface area contributed by atoms with E-state index in [1.165, 1.54) is 6.21 Å². The standard InChI is InChI=1S/C26H25ClN2O4/c1-17(2)21-12-11-18(3)13-24(21)32-16-25(30)29-28-15-19-7-6-8-20(14-19)33-26(31)22-9-4-5-10-23(22)27/h4-15,17H,16H2,1-3H3,(H,29,30). The van der Waals surface area contributed by atoms with Crippen molar-refractivity contribution < 1.29 is 19.1 Å². The lowest BCUT2D eigenvalue weighted by Crippen LogP contribution is -2.25. The zero-order chi connectivity index (χ0) is 23.8. The third-order valence-corrected chi connectivity index (χ3v) is 5.04. The van der Waals surface area contributed by atoms with Gasteiger partial charge in [0.2, 0.25) is 0 Å². The van der Waals surface area contributed by atoms with Gasteiger partial charge < -0.3 is 9.47 Å². The predicted molar refractivity (Wildman–Crippen MR) is 129 cm³/mol. The Labute approximate surface area is 198 Å². The first-order valence-corrected chi connectivity index (χ1v) is 10.8. The van der Waals surface area contributed by atoms with Gasteiger partial charge >= 0.3 is 5.97 Å². The van der Waals surface area contributed by atoms with E-state index in [9.17, 15) is 9.59 Å². The fourth-order valence-corrected chi connectivity index (χ4v) is 3.26. The number of carbonyl (C=O) groups excluding carboxylic acids is 2. The number of amides is 1. The molecule has 7 heteroatoms. The van der Waals surface area contributed by atoms with Crippen LogP contribution in [0.4, 0.5) is 0 Å². The third kappa shape index (κ3) is 6.92. The largest absolute Gasteiger partial charge is 0.483 e. The van der Waals surface area contributed by atoms with Crippen molar-refractivity contribution in [1.29, 1.82) is 0 Å². The first kappa shape index (κ1) is 24.0. The summed E-state index contributed by atoms with van der Waals surface area (Å²) in [7, 11) is 0. The highest BCUT2D eigenvalue weighted by atomic mass is 35.5. The van der Waals surface area contributed by atoms with Gasteiger partial charge in [-0.1, -0.05) is 61.8 Å². The molecule has 0 saturated heterocycles. The molecule has 0 aliphatic rings. The molecule has 6 nitrogen and oxygen atoms in total. The fraction of sp³-hybridized carbons (Fsp3) is 0.192. The molecule has 0 bridgehead atoms. The highest BCUT2D eigenvalue weighted by Gasteiger charge is 2.12. The molecule has 0 spiro atoms. The van der Waals surface area contributed by atoms with Crippen LogP contribution in [0.5, 0.6) is 11.5 Å². The summed E-state index contributed by atoms with van der Waals surface area (Å²) in [5.74, 6) is 0.359. The van der Waals surface area contributed by atoms with Crippen molar-refractivity contribution in [2.75, 3.05) is 6.61 Å². The monoisotopic (exact) mass is 464 g/mol. The molecule has 0 heterocycles. The number of carbonyl (C=O) groups is 2. The summed E-state index contributed by atoms with van der Waals surface area (Å²) in [5.41, 5.74) is 5.46. The zero-order valence-electron chi connectivity index (χ0n) is 18.7. The van der Waals surface area contributed by atoms with Gasteiger partial charge in [-0.3, -0.25) is 4.79 Å². The summed E-state index contributed by atoms with van der Waals surface area (Å²) in [4.78, 5) is 24.5. The minimum atomic E-state index is -0.558. The highest BCUT2D eigenvalue weighted by molar-refractivity contribution is 6.33. The van der Waals surface area contributed by atoms with Crippen LogP contribution in [0.2, 0.25) is 5.02 Å². The average Bonchev–Trinajstić information content (AvgIpc) is 2.78. The van der Waals surface area contributed by atoms with Crippen LogP contribution < -0.4 is 14.9 Å². The molecule has 0 radical (unpaired) electrons. The van der Waals surface area contributed by atoms with E-state index < -0.39 is 5.97 Å². The van der Waals surface area contributed by atoms with E-state index in [2.05, 4.69) is 24.4 Å². The SMILES string of the molecule is Cc1ccc(C(C)C)c(OCC(=O)NN=Cc2cccc(OC(=O)c3ccccc3Cl)c2)c1. The molecular formula is C26H25ClN2O4. The molecule has 0 atom stereocenters. The number of rotatable bonds is 8. The summed E-state index contributed by atoms with van der Waals surface area (Å²) in [5, 5.41) is 4.27. The first-order valence-electron chi connectivity index (χ1n) is 10.5. The van der Waals surface area contributed by atoms with E-state index in [-0.39, 0.29) is 24.0 Å². The summed E-state index contributed by atoms with van der Waals surface area (Å²) >= 11 is 6.04. The van der Waals surface area contributed by atoms with E-state index in [0.29, 0.717) is 22.1 Å². The van der Waals surface area contributed by atoms with E-state index in [1.807, 2.05) is 25.1 Å². The molecule has 0 aliphatic heterocycles. The van der Waals surface area contributed by atoms with Crippen LogP contribution >= 0.6 is 11.6 Å². The number of esters is 1. The molecule has 33 heavy (non-hydrogen) atoms. The van der Waals surface area contributed by atoms with Crippen molar-refractivity contribution in [3.63, 3.8) is 0 Å². The van der Waals surface area contributed by atoms with E-state index >= 15 is 0 Å². The van der Waals surface area contributed by atoms with E-state index in [1.54, 1.807) is 48.5 Å². The molecule has 0 fully saturated rings. The molecule has 170 valence electrons. The Morgan fingerprint density at radius 1 is 1.06 bits per heavy atom. The van der Waals surface area contributed by atoms with Gasteiger partial charge in [-0.15, -0.1) is 0 Å². The van der Waals surface area contributed by atoms with Gasteiger partial charge in [0, 0.05) is 0 Å². The Morgan fingerprint density at radius 2 is 1.85 bits per heavy atom. The number of nitrogens with one attached hydrogen (secondary N) is 1. The fourth-order valence-electron chi connectivity index (χ4n) is 3.05. The van der Waals surface area contributed by atoms with Gasteiger partial charge in [-0.25, -0.2) is 10.2 Å². The van der Waals surface area contributed by atoms with Crippen molar-refractivity contribution in [3.05, 3.63) is 94.0 Å². The maximum Gasteiger partial charge on any atom is 0.345 e. The van der Waals surface area contributed by atoms with Gasteiger partial charge in [0.05, 0.1) is 16.8 Å². The van der Waals surface area contributed by atoms with Crippen LogP contribution in [-0.4, -0.2) is 24.7 Å². The van der Waals surface area contributed by atoms with Crippen molar-refractivity contribution in [2.24, 2.45) is 5.10 Å². The number of halogens is 1. The van der Waals surface area contributed by atoms with E-state index in [0.717, 1.165) is 11.1 Å². The number of hydrogen-bond donors (Lipinski definition) is 1. The van der Waals surface area contributed by atoms with Crippen LogP contribution in [0.25, 0.3) is 0 Å². The number of aryl methyl sites for hydroxylation is 1. The van der Waals surface area contributed by atoms with Crippen LogP contribution in [0.3, 0.4) is 0 Å². The Bertz CT molecular complexity index is 1170. The van der Waals surface area contributed by atoms with Gasteiger partial charge in [-0.2, -0.15) is 5.10 Å². The Balaban J connectivity index is 1.55. The zero-order valence-corrected chi connectivity index (χ0v) is 19.4. The predicted octanol–water partition coefficient (Wildman–Crippen LogP) is 5.52. The number of hydrazone groups is 1. The van der Waals surface area contributed by atoms with Crippen molar-refractivity contribution in [2.45, 2.75) is 26.7 Å². The maximum atomic E-state index is 12.3. The van der Waals surface area contributed by atoms with Gasteiger partial charge in [0.1, 0.15) is 11.5 Å². The number of ether oxygens (including phenoxy) is 2. The lowest BCUT2D eigenvalue weighted by molar-refractivity contribution is -0.123. The molecule has 3 rings (SSSR count).